The van der Waals surface area contributed by atoms with Gasteiger partial charge in [-0.3, -0.25) is 8.98 Å². The van der Waals surface area contributed by atoms with Gasteiger partial charge in [-0.25, -0.2) is 0 Å². The highest BCUT2D eigenvalue weighted by atomic mass is 32.2. The van der Waals surface area contributed by atoms with E-state index in [4.69, 9.17) is 0 Å². The van der Waals surface area contributed by atoms with Crippen LogP contribution < -0.4 is 0 Å². The quantitative estimate of drug-likeness (QED) is 0.461. The third-order valence-corrected chi connectivity index (χ3v) is 2.46. The Labute approximate surface area is 59.3 Å². The van der Waals surface area contributed by atoms with E-state index < -0.39 is 22.0 Å². The molecule has 4 nitrogen and oxygen atoms in total. The van der Waals surface area contributed by atoms with Crippen molar-refractivity contribution in [1.29, 1.82) is 0 Å². The summed E-state index contributed by atoms with van der Waals surface area (Å²) in [6.07, 6.45) is -0.273. The van der Waals surface area contributed by atoms with E-state index >= 15 is 0 Å². The van der Waals surface area contributed by atoms with Crippen LogP contribution in [0.25, 0.3) is 0 Å². The van der Waals surface area contributed by atoms with Gasteiger partial charge in [-0.1, -0.05) is 0 Å². The molecule has 1 aliphatic rings. The van der Waals surface area contributed by atoms with Crippen LogP contribution in [0.1, 0.15) is 13.3 Å². The monoisotopic (exact) mass is 164 g/mol. The Morgan fingerprint density at radius 2 is 2.20 bits per heavy atom. The summed E-state index contributed by atoms with van der Waals surface area (Å²) in [6, 6.07) is 0. The van der Waals surface area contributed by atoms with E-state index in [1.54, 1.807) is 6.92 Å². The fourth-order valence-corrected chi connectivity index (χ4v) is 2.04. The molecule has 58 valence electrons. The highest BCUT2D eigenvalue weighted by Gasteiger charge is 2.27. The Balaban J connectivity index is 2.79. The molecule has 0 spiro atoms. The summed E-state index contributed by atoms with van der Waals surface area (Å²) in [5.74, 6) is -0.726. The maximum Gasteiger partial charge on any atom is 0.274 e. The van der Waals surface area contributed by atoms with E-state index in [0.717, 1.165) is 0 Å². The number of ketones is 1. The Bertz CT molecular complexity index is 240. The molecule has 0 radical (unpaired) electrons. The Morgan fingerprint density at radius 3 is 2.60 bits per heavy atom. The summed E-state index contributed by atoms with van der Waals surface area (Å²) in [7, 11) is -3.53. The lowest BCUT2D eigenvalue weighted by Crippen LogP contribution is -2.31. The highest BCUT2D eigenvalue weighted by Crippen LogP contribution is 2.11. The topological polar surface area (TPSA) is 60.4 Å². The molecular formula is C5H8O4S. The number of hydrogen-bond donors (Lipinski definition) is 0. The molecule has 1 rings (SSSR count). The first-order chi connectivity index (χ1) is 4.49. The average Bonchev–Trinajstić information content (AvgIpc) is 1.54. The Morgan fingerprint density at radius 1 is 1.60 bits per heavy atom. The van der Waals surface area contributed by atoms with Crippen molar-refractivity contribution in [3.63, 3.8) is 0 Å². The van der Waals surface area contributed by atoms with E-state index in [9.17, 15) is 13.2 Å². The lowest BCUT2D eigenvalue weighted by Gasteiger charge is -2.16. The number of rotatable bonds is 0. The zero-order valence-corrected chi connectivity index (χ0v) is 6.35. The first-order valence-corrected chi connectivity index (χ1v) is 4.50. The van der Waals surface area contributed by atoms with Crippen LogP contribution in [-0.2, 0) is 19.1 Å². The normalized spacial score (nSPS) is 32.1. The van der Waals surface area contributed by atoms with Gasteiger partial charge in [-0.05, 0) is 6.92 Å². The molecule has 10 heavy (non-hydrogen) atoms. The molecule has 0 aromatic heterocycles. The summed E-state index contributed by atoms with van der Waals surface area (Å²) >= 11 is 0. The van der Waals surface area contributed by atoms with Gasteiger partial charge in [0, 0.05) is 6.42 Å². The number of carbonyl (C=O) groups is 1. The molecular weight excluding hydrogens is 156 g/mol. The molecule has 1 unspecified atom stereocenters. The average molecular weight is 164 g/mol. The number of hydrogen-bond acceptors (Lipinski definition) is 4. The minimum atomic E-state index is -3.53. The lowest BCUT2D eigenvalue weighted by molar-refractivity contribution is -0.119. The predicted octanol–water partition coefficient (Wildman–Crippen LogP) is -0.306. The van der Waals surface area contributed by atoms with E-state index in [2.05, 4.69) is 4.18 Å². The van der Waals surface area contributed by atoms with Crippen LogP contribution in [0.3, 0.4) is 0 Å². The third-order valence-electron chi connectivity index (χ3n) is 1.16. The number of carbonyl (C=O) groups excluding carboxylic acids is 1. The minimum absolute atomic E-state index is 0.208. The van der Waals surface area contributed by atoms with Crippen molar-refractivity contribution >= 4 is 15.9 Å². The maximum atomic E-state index is 10.6. The first-order valence-electron chi connectivity index (χ1n) is 2.92. The third kappa shape index (κ3) is 1.78. The van der Waals surface area contributed by atoms with Gasteiger partial charge in [0.1, 0.15) is 5.75 Å². The molecule has 0 saturated carbocycles. The summed E-state index contributed by atoms with van der Waals surface area (Å²) in [5, 5.41) is 0. The second-order valence-corrected chi connectivity index (χ2v) is 3.95. The standard InChI is InChI=1S/C5H8O4S/c1-4-2-5(6)3-10(7,8)9-4/h4H,2-3H2,1H3. The van der Waals surface area contributed by atoms with E-state index in [-0.39, 0.29) is 12.2 Å². The second kappa shape index (κ2) is 2.32. The van der Waals surface area contributed by atoms with Crippen molar-refractivity contribution in [2.75, 3.05) is 5.75 Å². The molecule has 0 aliphatic carbocycles. The fourth-order valence-electron chi connectivity index (χ4n) is 0.895. The molecule has 0 aromatic carbocycles. The van der Waals surface area contributed by atoms with Gasteiger partial charge in [-0.15, -0.1) is 0 Å². The van der Waals surface area contributed by atoms with Gasteiger partial charge in [0.25, 0.3) is 10.1 Å². The van der Waals surface area contributed by atoms with E-state index in [0.29, 0.717) is 0 Å². The van der Waals surface area contributed by atoms with Crippen molar-refractivity contribution in [3.8, 4) is 0 Å². The van der Waals surface area contributed by atoms with Gasteiger partial charge in [0.2, 0.25) is 0 Å². The molecule has 5 heteroatoms. The molecule has 1 atom stereocenters. The van der Waals surface area contributed by atoms with Gasteiger partial charge in [0.05, 0.1) is 6.10 Å². The highest BCUT2D eigenvalue weighted by molar-refractivity contribution is 7.87. The second-order valence-electron chi connectivity index (χ2n) is 2.35. The maximum absolute atomic E-state index is 10.6. The Kier molecular flexibility index (Phi) is 1.78. The van der Waals surface area contributed by atoms with Gasteiger partial charge < -0.3 is 0 Å². The van der Waals surface area contributed by atoms with E-state index in [1.807, 2.05) is 0 Å². The minimum Gasteiger partial charge on any atom is -0.298 e. The SMILES string of the molecule is CC1CC(=O)CS(=O)(=O)O1. The fraction of sp³-hybridized carbons (Fsp3) is 0.800. The van der Waals surface area contributed by atoms with Crippen molar-refractivity contribution in [2.45, 2.75) is 19.4 Å². The predicted molar refractivity (Wildman–Crippen MR) is 34.0 cm³/mol. The molecule has 0 aromatic rings. The van der Waals surface area contributed by atoms with Crippen LogP contribution in [0.4, 0.5) is 0 Å². The summed E-state index contributed by atoms with van der Waals surface area (Å²) < 4.78 is 25.8. The molecule has 0 amide bonds. The zero-order chi connectivity index (χ0) is 7.78. The largest absolute Gasteiger partial charge is 0.298 e. The molecule has 1 aliphatic heterocycles. The van der Waals surface area contributed by atoms with Crippen molar-refractivity contribution in [2.24, 2.45) is 0 Å². The zero-order valence-electron chi connectivity index (χ0n) is 5.53. The molecule has 0 N–H and O–H groups in total. The summed E-state index contributed by atoms with van der Waals surface area (Å²) in [5.41, 5.74) is 0. The van der Waals surface area contributed by atoms with Crippen molar-refractivity contribution in [1.82, 2.24) is 0 Å². The van der Waals surface area contributed by atoms with Crippen LogP contribution in [0.5, 0.6) is 0 Å². The summed E-state index contributed by atoms with van der Waals surface area (Å²) in [4.78, 5) is 10.6. The lowest BCUT2D eigenvalue weighted by atomic mass is 10.2. The smallest absolute Gasteiger partial charge is 0.274 e. The molecule has 1 saturated heterocycles. The van der Waals surface area contributed by atoms with Crippen LogP contribution in [0.2, 0.25) is 0 Å². The van der Waals surface area contributed by atoms with Crippen molar-refractivity contribution < 1.29 is 17.4 Å². The van der Waals surface area contributed by atoms with E-state index in [1.165, 1.54) is 0 Å². The molecule has 1 fully saturated rings. The first kappa shape index (κ1) is 7.68. The van der Waals surface area contributed by atoms with Gasteiger partial charge >= 0.3 is 0 Å². The molecule has 0 bridgehead atoms. The van der Waals surface area contributed by atoms with Crippen LogP contribution in [-0.4, -0.2) is 26.1 Å². The summed E-state index contributed by atoms with van der Waals surface area (Å²) in [6.45, 7) is 1.56. The van der Waals surface area contributed by atoms with Crippen LogP contribution in [0.15, 0.2) is 0 Å². The van der Waals surface area contributed by atoms with Crippen LogP contribution in [0, 0.1) is 0 Å². The van der Waals surface area contributed by atoms with Crippen molar-refractivity contribution in [3.05, 3.63) is 0 Å². The Hall–Kier alpha value is -0.420. The van der Waals surface area contributed by atoms with Crippen LogP contribution >= 0.6 is 0 Å². The molecule has 1 heterocycles. The number of Topliss-reactive ketones (excluding diaryl/α,β-unsaturated/α-hetero) is 1. The van der Waals surface area contributed by atoms with Gasteiger partial charge in [-0.2, -0.15) is 8.42 Å². The van der Waals surface area contributed by atoms with Gasteiger partial charge in [0.15, 0.2) is 5.78 Å².